The Balaban J connectivity index is 2.11. The molecular weight excluding hydrogens is 330 g/mol. The van der Waals surface area contributed by atoms with E-state index in [-0.39, 0.29) is 6.54 Å². The van der Waals surface area contributed by atoms with E-state index in [0.29, 0.717) is 6.42 Å². The van der Waals surface area contributed by atoms with Crippen LogP contribution in [0.3, 0.4) is 0 Å². The highest BCUT2D eigenvalue weighted by Gasteiger charge is 2.22. The van der Waals surface area contributed by atoms with Crippen LogP contribution in [0.1, 0.15) is 26.3 Å². The minimum Gasteiger partial charge on any atom is -0.481 e. The van der Waals surface area contributed by atoms with Gasteiger partial charge in [-0.2, -0.15) is 0 Å². The molecule has 0 aliphatic heterocycles. The van der Waals surface area contributed by atoms with Gasteiger partial charge in [-0.1, -0.05) is 54.6 Å². The fraction of sp³-hybridized carbons (Fsp3) is 0.333. The number of carboxylic acids is 1. The minimum atomic E-state index is -0.955. The summed E-state index contributed by atoms with van der Waals surface area (Å²) in [6, 6.07) is 17.5. The molecule has 5 nitrogen and oxygen atoms in total. The van der Waals surface area contributed by atoms with Gasteiger partial charge in [-0.05, 0) is 43.9 Å². The molecular formula is C21H25NO4. The number of amides is 1. The lowest BCUT2D eigenvalue weighted by Crippen LogP contribution is -2.37. The maximum absolute atomic E-state index is 11.8. The van der Waals surface area contributed by atoms with Gasteiger partial charge in [-0.25, -0.2) is 4.79 Å². The van der Waals surface area contributed by atoms with E-state index in [2.05, 4.69) is 5.32 Å². The third kappa shape index (κ3) is 5.92. The standard InChI is InChI=1S/C21H25NO4/c1-21(2,3)26-20(25)22-14-17(19(23)24)13-16-11-7-8-12-18(16)15-9-5-4-6-10-15/h4-12,17H,13-14H2,1-3H3,(H,22,25)(H,23,24)/t17-/m0/s1. The summed E-state index contributed by atoms with van der Waals surface area (Å²) >= 11 is 0. The van der Waals surface area contributed by atoms with Gasteiger partial charge in [0, 0.05) is 6.54 Å². The molecule has 0 spiro atoms. The van der Waals surface area contributed by atoms with E-state index >= 15 is 0 Å². The van der Waals surface area contributed by atoms with E-state index in [1.54, 1.807) is 20.8 Å². The van der Waals surface area contributed by atoms with Crippen molar-refractivity contribution in [2.45, 2.75) is 32.8 Å². The summed E-state index contributed by atoms with van der Waals surface area (Å²) in [5, 5.41) is 12.1. The third-order valence-corrected chi connectivity index (χ3v) is 3.81. The quantitative estimate of drug-likeness (QED) is 0.817. The molecule has 0 aliphatic carbocycles. The summed E-state index contributed by atoms with van der Waals surface area (Å²) in [7, 11) is 0. The molecule has 0 heterocycles. The predicted molar refractivity (Wildman–Crippen MR) is 101 cm³/mol. The molecule has 2 rings (SSSR count). The first-order valence-corrected chi connectivity index (χ1v) is 8.59. The van der Waals surface area contributed by atoms with E-state index in [4.69, 9.17) is 4.74 Å². The first-order chi connectivity index (χ1) is 12.3. The second-order valence-corrected chi connectivity index (χ2v) is 7.15. The third-order valence-electron chi connectivity index (χ3n) is 3.81. The number of carbonyl (C=O) groups is 2. The van der Waals surface area contributed by atoms with Crippen molar-refractivity contribution in [2.24, 2.45) is 5.92 Å². The summed E-state index contributed by atoms with van der Waals surface area (Å²) in [5.41, 5.74) is 2.34. The number of carbonyl (C=O) groups excluding carboxylic acids is 1. The molecule has 0 radical (unpaired) electrons. The van der Waals surface area contributed by atoms with Crippen molar-refractivity contribution >= 4 is 12.1 Å². The molecule has 2 aromatic rings. The summed E-state index contributed by atoms with van der Waals surface area (Å²) < 4.78 is 5.17. The maximum Gasteiger partial charge on any atom is 0.407 e. The van der Waals surface area contributed by atoms with E-state index in [1.165, 1.54) is 0 Å². The van der Waals surface area contributed by atoms with Crippen LogP contribution in [-0.4, -0.2) is 29.3 Å². The highest BCUT2D eigenvalue weighted by molar-refractivity contribution is 5.74. The van der Waals surface area contributed by atoms with Crippen molar-refractivity contribution in [2.75, 3.05) is 6.54 Å². The molecule has 2 N–H and O–H groups in total. The number of hydrogen-bond acceptors (Lipinski definition) is 3. The van der Waals surface area contributed by atoms with Crippen molar-refractivity contribution in [1.82, 2.24) is 5.32 Å². The predicted octanol–water partition coefficient (Wildman–Crippen LogP) is 4.12. The fourth-order valence-electron chi connectivity index (χ4n) is 2.63. The second-order valence-electron chi connectivity index (χ2n) is 7.15. The van der Waals surface area contributed by atoms with Gasteiger partial charge in [0.25, 0.3) is 0 Å². The topological polar surface area (TPSA) is 75.6 Å². The number of benzene rings is 2. The number of alkyl carbamates (subject to hydrolysis) is 1. The number of hydrogen-bond donors (Lipinski definition) is 2. The number of aliphatic carboxylic acids is 1. The molecule has 5 heteroatoms. The SMILES string of the molecule is CC(C)(C)OC(=O)NC[C@H](Cc1ccccc1-c1ccccc1)C(=O)O. The van der Waals surface area contributed by atoms with Crippen LogP contribution in [0.5, 0.6) is 0 Å². The Bertz CT molecular complexity index is 750. The van der Waals surface area contributed by atoms with E-state index in [9.17, 15) is 14.7 Å². The van der Waals surface area contributed by atoms with Crippen LogP contribution in [0, 0.1) is 5.92 Å². The molecule has 0 unspecified atom stereocenters. The van der Waals surface area contributed by atoms with Crippen LogP contribution in [0.15, 0.2) is 54.6 Å². The Morgan fingerprint density at radius 1 is 1.04 bits per heavy atom. The van der Waals surface area contributed by atoms with Crippen LogP contribution >= 0.6 is 0 Å². The Hall–Kier alpha value is -2.82. The molecule has 0 saturated heterocycles. The van der Waals surface area contributed by atoms with Gasteiger partial charge in [0.1, 0.15) is 5.60 Å². The summed E-state index contributed by atoms with van der Waals surface area (Å²) in [5.74, 6) is -1.70. The lowest BCUT2D eigenvalue weighted by molar-refractivity contribution is -0.141. The average Bonchev–Trinajstić information content (AvgIpc) is 2.58. The number of rotatable bonds is 6. The second kappa shape index (κ2) is 8.52. The molecule has 0 fully saturated rings. The highest BCUT2D eigenvalue weighted by atomic mass is 16.6. The van der Waals surface area contributed by atoms with Crippen LogP contribution in [-0.2, 0) is 16.0 Å². The fourth-order valence-corrected chi connectivity index (χ4v) is 2.63. The van der Waals surface area contributed by atoms with Crippen molar-refractivity contribution in [3.63, 3.8) is 0 Å². The average molecular weight is 355 g/mol. The number of ether oxygens (including phenoxy) is 1. The Kier molecular flexibility index (Phi) is 6.39. The lowest BCUT2D eigenvalue weighted by Gasteiger charge is -2.21. The molecule has 0 saturated carbocycles. The Labute approximate surface area is 154 Å². The first-order valence-electron chi connectivity index (χ1n) is 8.59. The van der Waals surface area contributed by atoms with Gasteiger partial charge in [-0.15, -0.1) is 0 Å². The smallest absolute Gasteiger partial charge is 0.407 e. The Morgan fingerprint density at radius 3 is 2.27 bits per heavy atom. The van der Waals surface area contributed by atoms with Crippen LogP contribution in [0.4, 0.5) is 4.79 Å². The van der Waals surface area contributed by atoms with E-state index < -0.39 is 23.6 Å². The van der Waals surface area contributed by atoms with Gasteiger partial charge in [0.15, 0.2) is 0 Å². The van der Waals surface area contributed by atoms with Crippen molar-refractivity contribution in [1.29, 1.82) is 0 Å². The zero-order chi connectivity index (χ0) is 19.2. The van der Waals surface area contributed by atoms with Crippen molar-refractivity contribution < 1.29 is 19.4 Å². The van der Waals surface area contributed by atoms with Gasteiger partial charge in [-0.3, -0.25) is 4.79 Å². The van der Waals surface area contributed by atoms with Gasteiger partial charge < -0.3 is 15.2 Å². The summed E-state index contributed by atoms with van der Waals surface area (Å²) in [6.45, 7) is 5.29. The van der Waals surface area contributed by atoms with Crippen LogP contribution < -0.4 is 5.32 Å². The molecule has 0 aliphatic rings. The molecule has 0 aromatic heterocycles. The number of nitrogens with one attached hydrogen (secondary N) is 1. The molecule has 2 aromatic carbocycles. The van der Waals surface area contributed by atoms with Gasteiger partial charge in [0.2, 0.25) is 0 Å². The lowest BCUT2D eigenvalue weighted by atomic mass is 9.92. The van der Waals surface area contributed by atoms with Crippen LogP contribution in [0.25, 0.3) is 11.1 Å². The highest BCUT2D eigenvalue weighted by Crippen LogP contribution is 2.25. The molecule has 26 heavy (non-hydrogen) atoms. The summed E-state index contributed by atoms with van der Waals surface area (Å²) in [4.78, 5) is 23.5. The molecule has 0 bridgehead atoms. The maximum atomic E-state index is 11.8. The van der Waals surface area contributed by atoms with Gasteiger partial charge in [0.05, 0.1) is 5.92 Å². The van der Waals surface area contributed by atoms with Gasteiger partial charge >= 0.3 is 12.1 Å². The minimum absolute atomic E-state index is 0.00731. The normalized spacial score (nSPS) is 12.3. The van der Waals surface area contributed by atoms with Crippen molar-refractivity contribution in [3.05, 3.63) is 60.2 Å². The monoisotopic (exact) mass is 355 g/mol. The number of carboxylic acid groups (broad SMARTS) is 1. The zero-order valence-electron chi connectivity index (χ0n) is 15.4. The van der Waals surface area contributed by atoms with Crippen LogP contribution in [0.2, 0.25) is 0 Å². The molecule has 1 atom stereocenters. The zero-order valence-corrected chi connectivity index (χ0v) is 15.4. The molecule has 138 valence electrons. The van der Waals surface area contributed by atoms with E-state index in [0.717, 1.165) is 16.7 Å². The Morgan fingerprint density at radius 2 is 1.65 bits per heavy atom. The van der Waals surface area contributed by atoms with Crippen molar-refractivity contribution in [3.8, 4) is 11.1 Å². The summed E-state index contributed by atoms with van der Waals surface area (Å²) in [6.07, 6.45) is -0.295. The molecule has 1 amide bonds. The van der Waals surface area contributed by atoms with E-state index in [1.807, 2.05) is 54.6 Å². The first kappa shape index (κ1) is 19.5. The largest absolute Gasteiger partial charge is 0.481 e.